The molecule has 2 atom stereocenters. The van der Waals surface area contributed by atoms with Gasteiger partial charge in [-0.05, 0) is 25.7 Å². The van der Waals surface area contributed by atoms with Gasteiger partial charge in [0.1, 0.15) is 6.10 Å². The van der Waals surface area contributed by atoms with Gasteiger partial charge >= 0.3 is 79.4 Å². The minimum absolute atomic E-state index is 0.0244. The van der Waals surface area contributed by atoms with Crippen LogP contribution in [0.25, 0.3) is 0 Å². The van der Waals surface area contributed by atoms with Crippen molar-refractivity contribution in [3.05, 3.63) is 0 Å². The van der Waals surface area contributed by atoms with Gasteiger partial charge in [-0.15, -0.1) is 0 Å². The van der Waals surface area contributed by atoms with E-state index >= 15 is 0 Å². The van der Waals surface area contributed by atoms with Crippen molar-refractivity contribution in [3.8, 4) is 0 Å². The van der Waals surface area contributed by atoms with Crippen LogP contribution in [0.3, 0.4) is 0 Å². The maximum atomic E-state index is 13.9. The van der Waals surface area contributed by atoms with E-state index in [4.69, 9.17) is 19.7 Å². The van der Waals surface area contributed by atoms with Gasteiger partial charge in [-0.2, -0.15) is 114 Å². The lowest BCUT2D eigenvalue weighted by Gasteiger charge is -2.39. The number of alkyl halides is 26. The highest BCUT2D eigenvalue weighted by atomic mass is 31.2. The molecule has 0 aliphatic rings. The molecule has 0 aliphatic carbocycles. The zero-order valence-corrected chi connectivity index (χ0v) is 39.2. The summed E-state index contributed by atoms with van der Waals surface area (Å²) in [6, 6.07) is 0. The van der Waals surface area contributed by atoms with Crippen molar-refractivity contribution in [2.75, 3.05) is 39.6 Å². The number of unbranched alkanes of at least 4 members (excludes halogenated alkanes) is 16. The van der Waals surface area contributed by atoms with Crippen LogP contribution in [-0.4, -0.2) is 122 Å². The Bertz CT molecular complexity index is 1620. The summed E-state index contributed by atoms with van der Waals surface area (Å²) in [7, 11) is -4.55. The molecule has 0 heterocycles. The summed E-state index contributed by atoms with van der Waals surface area (Å²) in [6.07, 6.45) is -17.6. The van der Waals surface area contributed by atoms with Crippen LogP contribution >= 0.6 is 7.82 Å². The summed E-state index contributed by atoms with van der Waals surface area (Å²) < 4.78 is 377. The Balaban J connectivity index is 4.66. The number of hydrogen-bond donors (Lipinski definition) is 2. The number of phosphoric ester groups is 1. The third-order valence-electron chi connectivity index (χ3n) is 10.9. The molecule has 0 bridgehead atoms. The zero-order valence-electron chi connectivity index (χ0n) is 38.3. The van der Waals surface area contributed by atoms with Crippen LogP contribution in [-0.2, 0) is 23.1 Å². The van der Waals surface area contributed by atoms with E-state index in [0.29, 0.717) is 64.2 Å². The number of phosphoric acid groups is 1. The maximum absolute atomic E-state index is 13.9. The van der Waals surface area contributed by atoms with E-state index in [9.17, 15) is 124 Å². The van der Waals surface area contributed by atoms with Crippen LogP contribution < -0.4 is 5.73 Å². The van der Waals surface area contributed by atoms with Crippen LogP contribution in [0.5, 0.6) is 0 Å². The smallest absolute Gasteiger partial charge is 0.379 e. The van der Waals surface area contributed by atoms with Gasteiger partial charge in [0.25, 0.3) is 0 Å². The van der Waals surface area contributed by atoms with Crippen LogP contribution in [0, 0.1) is 0 Å². The van der Waals surface area contributed by atoms with E-state index in [1.807, 2.05) is 0 Å². The molecule has 0 saturated carbocycles. The van der Waals surface area contributed by atoms with Crippen molar-refractivity contribution < 1.29 is 142 Å². The first-order chi connectivity index (χ1) is 32.8. The Morgan fingerprint density at radius 1 is 0.356 bits per heavy atom. The normalized spacial score (nSPS) is 16.1. The fraction of sp³-hybridized carbons (Fsp3) is 1.00. The average Bonchev–Trinajstić information content (AvgIpc) is 3.24. The molecule has 440 valence electrons. The number of ether oxygens (including phenoxy) is 2. The highest BCUT2D eigenvalue weighted by Crippen LogP contribution is 2.62. The summed E-state index contributed by atoms with van der Waals surface area (Å²) in [5.41, 5.74) is 5.23. The minimum Gasteiger partial charge on any atom is -0.379 e. The van der Waals surface area contributed by atoms with Crippen LogP contribution in [0.4, 0.5) is 114 Å². The van der Waals surface area contributed by atoms with Gasteiger partial charge in [0.05, 0.1) is 19.8 Å². The molecule has 0 amide bonds. The second-order valence-electron chi connectivity index (χ2n) is 16.8. The standard InChI is InChI=1S/C39H56F26NO6P/c40-28(41,30(44,45)32(48,49)34(52,53)36(56,57)38(60,61)62)19-15-11-7-3-1-5-9-13-17-22-69-25-27(26-72-73(67,68)71-24-21-66)70-23-18-14-10-6-2-4-8-12-16-20-29(42,43)31(46,47)33(50,51)35(54,55)37(58,59)39(63,64)65/h27H,1-26,66H2,(H,67,68)/t27-/m1/s1. The SMILES string of the molecule is NCCOP(=O)(O)OC[C@@H](COCCCCCCCCCCCC(F)(F)C(F)(F)C(F)(F)C(F)(F)C(F)(F)C(F)(F)F)OCCCCCCCCCCCC(F)(F)C(F)(F)C(F)(F)C(F)(F)C(F)(F)C(F)(F)F. The van der Waals surface area contributed by atoms with Crippen molar-refractivity contribution in [1.82, 2.24) is 0 Å². The quantitative estimate of drug-likeness (QED) is 0.0357. The van der Waals surface area contributed by atoms with Crippen molar-refractivity contribution in [3.63, 3.8) is 0 Å². The molecule has 0 fully saturated rings. The van der Waals surface area contributed by atoms with Gasteiger partial charge in [-0.1, -0.05) is 89.9 Å². The van der Waals surface area contributed by atoms with Gasteiger partial charge in [-0.25, -0.2) is 4.57 Å². The van der Waals surface area contributed by atoms with Gasteiger partial charge in [-0.3, -0.25) is 9.05 Å². The topological polar surface area (TPSA) is 100 Å². The van der Waals surface area contributed by atoms with Gasteiger partial charge in [0.15, 0.2) is 0 Å². The third-order valence-corrected chi connectivity index (χ3v) is 11.8. The largest absolute Gasteiger partial charge is 0.472 e. The first-order valence-corrected chi connectivity index (χ1v) is 23.8. The summed E-state index contributed by atoms with van der Waals surface area (Å²) in [4.78, 5) is 9.79. The summed E-state index contributed by atoms with van der Waals surface area (Å²) >= 11 is 0. The molecule has 7 nitrogen and oxygen atoms in total. The Kier molecular flexibility index (Phi) is 27.5. The molecule has 0 radical (unpaired) electrons. The van der Waals surface area contributed by atoms with Crippen molar-refractivity contribution >= 4 is 7.82 Å². The Morgan fingerprint density at radius 2 is 0.644 bits per heavy atom. The Labute approximate surface area is 401 Å². The van der Waals surface area contributed by atoms with E-state index in [2.05, 4.69) is 4.52 Å². The number of nitrogens with two attached hydrogens (primary N) is 1. The Hall–Kier alpha value is -1.83. The monoisotopic (exact) mass is 1160 g/mol. The maximum Gasteiger partial charge on any atom is 0.472 e. The fourth-order valence-corrected chi connectivity index (χ4v) is 7.15. The first-order valence-electron chi connectivity index (χ1n) is 22.3. The lowest BCUT2D eigenvalue weighted by molar-refractivity contribution is -0.440. The van der Waals surface area contributed by atoms with Crippen molar-refractivity contribution in [1.29, 1.82) is 0 Å². The van der Waals surface area contributed by atoms with Crippen molar-refractivity contribution in [2.24, 2.45) is 5.73 Å². The molecule has 0 aromatic heterocycles. The highest BCUT2D eigenvalue weighted by Gasteiger charge is 2.92. The summed E-state index contributed by atoms with van der Waals surface area (Å²) in [6.45, 7) is -0.913. The number of halogens is 26. The molecule has 0 spiro atoms. The predicted molar refractivity (Wildman–Crippen MR) is 205 cm³/mol. The fourth-order valence-electron chi connectivity index (χ4n) is 6.38. The van der Waals surface area contributed by atoms with E-state index in [0.717, 1.165) is 0 Å². The molecule has 73 heavy (non-hydrogen) atoms. The molecule has 0 rings (SSSR count). The molecular formula is C39H56F26NO6P. The van der Waals surface area contributed by atoms with Crippen LogP contribution in [0.15, 0.2) is 0 Å². The molecule has 0 aromatic carbocycles. The van der Waals surface area contributed by atoms with Crippen LogP contribution in [0.2, 0.25) is 0 Å². The van der Waals surface area contributed by atoms with Gasteiger partial charge in [0, 0.05) is 32.6 Å². The minimum atomic E-state index is -7.95. The zero-order chi connectivity index (χ0) is 57.3. The second kappa shape index (κ2) is 28.2. The van der Waals surface area contributed by atoms with Gasteiger partial charge < -0.3 is 20.1 Å². The van der Waals surface area contributed by atoms with E-state index in [-0.39, 0.29) is 71.5 Å². The lowest BCUT2D eigenvalue weighted by Crippen LogP contribution is -2.70. The Morgan fingerprint density at radius 3 is 0.959 bits per heavy atom. The molecule has 0 aliphatic heterocycles. The molecule has 3 N–H and O–H groups in total. The molecule has 0 aromatic rings. The van der Waals surface area contributed by atoms with Gasteiger partial charge in [0.2, 0.25) is 0 Å². The molecule has 34 heteroatoms. The van der Waals surface area contributed by atoms with E-state index in [1.54, 1.807) is 0 Å². The first kappa shape index (κ1) is 71.2. The summed E-state index contributed by atoms with van der Waals surface area (Å²) in [5.74, 6) is -73.9. The summed E-state index contributed by atoms with van der Waals surface area (Å²) in [5, 5.41) is 0. The lowest BCUT2D eigenvalue weighted by atomic mass is 9.91. The number of hydrogen-bond acceptors (Lipinski definition) is 6. The average molecular weight is 1160 g/mol. The predicted octanol–water partition coefficient (Wildman–Crippen LogP) is 15.8. The highest BCUT2D eigenvalue weighted by molar-refractivity contribution is 7.47. The third kappa shape index (κ3) is 18.7. The molecule has 0 saturated heterocycles. The number of rotatable bonds is 41. The van der Waals surface area contributed by atoms with Crippen molar-refractivity contribution in [2.45, 2.75) is 206 Å². The van der Waals surface area contributed by atoms with E-state index < -0.39 is 118 Å². The van der Waals surface area contributed by atoms with E-state index in [1.165, 1.54) is 0 Å². The second-order valence-corrected chi connectivity index (χ2v) is 18.3. The molecule has 1 unspecified atom stereocenters. The molecular weight excluding hydrogens is 1100 g/mol. The van der Waals surface area contributed by atoms with Crippen LogP contribution in [0.1, 0.15) is 128 Å².